The monoisotopic (exact) mass is 469 g/mol. The predicted molar refractivity (Wildman–Crippen MR) is 117 cm³/mol. The van der Waals surface area contributed by atoms with E-state index in [1.54, 1.807) is 34.1 Å². The molecule has 6 nitrogen and oxygen atoms in total. The van der Waals surface area contributed by atoms with Crippen LogP contribution >= 0.6 is 11.8 Å². The maximum absolute atomic E-state index is 13.2. The summed E-state index contributed by atoms with van der Waals surface area (Å²) in [5, 5.41) is 9.34. The molecule has 4 rings (SSSR count). The highest BCUT2D eigenvalue weighted by Gasteiger charge is 2.34. The highest BCUT2D eigenvalue weighted by molar-refractivity contribution is 7.99. The van der Waals surface area contributed by atoms with E-state index in [9.17, 15) is 23.2 Å². The van der Waals surface area contributed by atoms with Crippen molar-refractivity contribution in [1.29, 1.82) is 5.26 Å². The Morgan fingerprint density at radius 3 is 2.33 bits per heavy atom. The SMILES string of the molecule is N#Cc1ccccc1Sc1ccccc1C(=O)N1CCN(c2nccc(C(F)(F)F)n2)CC1. The van der Waals surface area contributed by atoms with E-state index in [1.165, 1.54) is 11.8 Å². The molecule has 0 N–H and O–H groups in total. The Morgan fingerprint density at radius 1 is 0.970 bits per heavy atom. The predicted octanol–water partition coefficient (Wildman–Crippen LogP) is 4.48. The van der Waals surface area contributed by atoms with E-state index < -0.39 is 11.9 Å². The maximum atomic E-state index is 13.2. The molecule has 2 heterocycles. The van der Waals surface area contributed by atoms with Crippen LogP contribution in [-0.2, 0) is 6.18 Å². The molecular formula is C23H18F3N5OS. The molecule has 2 aromatic carbocycles. The van der Waals surface area contributed by atoms with E-state index in [2.05, 4.69) is 16.0 Å². The molecule has 1 aliphatic heterocycles. The molecule has 33 heavy (non-hydrogen) atoms. The molecule has 1 amide bonds. The number of piperazine rings is 1. The van der Waals surface area contributed by atoms with Gasteiger partial charge in [-0.15, -0.1) is 0 Å². The van der Waals surface area contributed by atoms with Gasteiger partial charge in [-0.2, -0.15) is 18.4 Å². The number of carbonyl (C=O) groups is 1. The third-order valence-electron chi connectivity index (χ3n) is 5.13. The van der Waals surface area contributed by atoms with E-state index >= 15 is 0 Å². The number of anilines is 1. The van der Waals surface area contributed by atoms with Crippen molar-refractivity contribution >= 4 is 23.6 Å². The number of benzene rings is 2. The minimum Gasteiger partial charge on any atom is -0.337 e. The first-order valence-corrected chi connectivity index (χ1v) is 10.9. The molecule has 0 unspecified atom stereocenters. The summed E-state index contributed by atoms with van der Waals surface area (Å²) in [7, 11) is 0. The van der Waals surface area contributed by atoms with Crippen molar-refractivity contribution in [3.8, 4) is 6.07 Å². The zero-order valence-corrected chi connectivity index (χ0v) is 18.1. The van der Waals surface area contributed by atoms with Gasteiger partial charge in [0.25, 0.3) is 5.91 Å². The van der Waals surface area contributed by atoms with Crippen molar-refractivity contribution in [3.63, 3.8) is 0 Å². The van der Waals surface area contributed by atoms with Gasteiger partial charge in [0.15, 0.2) is 0 Å². The summed E-state index contributed by atoms with van der Waals surface area (Å²) in [5.41, 5.74) is 0.0491. The van der Waals surface area contributed by atoms with Crippen LogP contribution in [0.4, 0.5) is 19.1 Å². The lowest BCUT2D eigenvalue weighted by Gasteiger charge is -2.35. The van der Waals surface area contributed by atoms with E-state index in [1.807, 2.05) is 24.3 Å². The lowest BCUT2D eigenvalue weighted by atomic mass is 10.2. The third-order valence-corrected chi connectivity index (χ3v) is 6.28. The van der Waals surface area contributed by atoms with Gasteiger partial charge in [-0.3, -0.25) is 4.79 Å². The number of nitrogens with zero attached hydrogens (tertiary/aromatic N) is 5. The lowest BCUT2D eigenvalue weighted by molar-refractivity contribution is -0.141. The Labute approximate surface area is 192 Å². The second-order valence-electron chi connectivity index (χ2n) is 7.23. The second-order valence-corrected chi connectivity index (χ2v) is 8.31. The van der Waals surface area contributed by atoms with Gasteiger partial charge in [-0.25, -0.2) is 9.97 Å². The van der Waals surface area contributed by atoms with Gasteiger partial charge in [-0.05, 0) is 30.3 Å². The number of halogens is 3. The van der Waals surface area contributed by atoms with Crippen molar-refractivity contribution in [2.75, 3.05) is 31.1 Å². The van der Waals surface area contributed by atoms with Crippen LogP contribution in [0.25, 0.3) is 0 Å². The molecule has 1 fully saturated rings. The van der Waals surface area contributed by atoms with Crippen LogP contribution in [0.3, 0.4) is 0 Å². The quantitative estimate of drug-likeness (QED) is 0.561. The molecule has 1 saturated heterocycles. The van der Waals surface area contributed by atoms with Gasteiger partial charge < -0.3 is 9.80 Å². The van der Waals surface area contributed by atoms with Crippen LogP contribution < -0.4 is 4.90 Å². The molecule has 0 spiro atoms. The number of carbonyl (C=O) groups excluding carboxylic acids is 1. The third kappa shape index (κ3) is 5.09. The van der Waals surface area contributed by atoms with Crippen molar-refractivity contribution in [1.82, 2.24) is 14.9 Å². The summed E-state index contributed by atoms with van der Waals surface area (Å²) in [6.45, 7) is 1.29. The number of amides is 1. The topological polar surface area (TPSA) is 73.1 Å². The Kier molecular flexibility index (Phi) is 6.51. The highest BCUT2D eigenvalue weighted by atomic mass is 32.2. The van der Waals surface area contributed by atoms with Crippen LogP contribution in [0.1, 0.15) is 21.6 Å². The zero-order valence-electron chi connectivity index (χ0n) is 17.3. The molecular weight excluding hydrogens is 451 g/mol. The number of rotatable bonds is 4. The fourth-order valence-corrected chi connectivity index (χ4v) is 4.46. The van der Waals surface area contributed by atoms with Crippen LogP contribution in [-0.4, -0.2) is 47.0 Å². The molecule has 0 atom stereocenters. The van der Waals surface area contributed by atoms with Gasteiger partial charge in [-0.1, -0.05) is 36.0 Å². The zero-order chi connectivity index (χ0) is 23.4. The highest BCUT2D eigenvalue weighted by Crippen LogP contribution is 2.33. The summed E-state index contributed by atoms with van der Waals surface area (Å²) < 4.78 is 38.9. The molecule has 1 aliphatic rings. The minimum atomic E-state index is -4.54. The van der Waals surface area contributed by atoms with Crippen molar-refractivity contribution < 1.29 is 18.0 Å². The Balaban J connectivity index is 1.47. The number of alkyl halides is 3. The Morgan fingerprint density at radius 2 is 1.64 bits per heavy atom. The molecule has 1 aromatic heterocycles. The molecule has 0 radical (unpaired) electrons. The summed E-state index contributed by atoms with van der Waals surface area (Å²) in [5.74, 6) is -0.168. The normalized spacial score (nSPS) is 14.1. The molecule has 3 aromatic rings. The Bertz CT molecular complexity index is 1200. The number of aromatic nitrogens is 2. The first kappa shape index (κ1) is 22.6. The van der Waals surface area contributed by atoms with Gasteiger partial charge in [0, 0.05) is 42.2 Å². The summed E-state index contributed by atoms with van der Waals surface area (Å²) in [4.78, 5) is 25.6. The molecule has 0 bridgehead atoms. The average molecular weight is 469 g/mol. The number of nitriles is 1. The molecule has 168 valence electrons. The fourth-order valence-electron chi connectivity index (χ4n) is 3.44. The summed E-state index contributed by atoms with van der Waals surface area (Å²) >= 11 is 1.35. The molecule has 0 aliphatic carbocycles. The lowest BCUT2D eigenvalue weighted by Crippen LogP contribution is -2.49. The van der Waals surface area contributed by atoms with Crippen molar-refractivity contribution in [2.45, 2.75) is 16.0 Å². The first-order valence-electron chi connectivity index (χ1n) is 10.1. The standard InChI is InChI=1S/C23H18F3N5OS/c24-23(25,26)20-9-10-28-22(29-20)31-13-11-30(12-14-31)21(32)17-6-2-4-8-19(17)33-18-7-3-1-5-16(18)15-27/h1-10H,11-14H2. The van der Waals surface area contributed by atoms with E-state index in [0.29, 0.717) is 37.3 Å². The average Bonchev–Trinajstić information content (AvgIpc) is 2.84. The number of hydrogen-bond donors (Lipinski definition) is 0. The van der Waals surface area contributed by atoms with Crippen molar-refractivity contribution in [3.05, 3.63) is 77.6 Å². The van der Waals surface area contributed by atoms with Crippen LogP contribution in [0.2, 0.25) is 0 Å². The van der Waals surface area contributed by atoms with Crippen LogP contribution in [0.5, 0.6) is 0 Å². The minimum absolute atomic E-state index is 0.000917. The molecule has 10 heteroatoms. The number of hydrogen-bond acceptors (Lipinski definition) is 6. The summed E-state index contributed by atoms with van der Waals surface area (Å²) in [6, 6.07) is 17.3. The van der Waals surface area contributed by atoms with Crippen molar-refractivity contribution in [2.24, 2.45) is 0 Å². The smallest absolute Gasteiger partial charge is 0.337 e. The van der Waals surface area contributed by atoms with Gasteiger partial charge in [0.1, 0.15) is 11.8 Å². The second kappa shape index (κ2) is 9.50. The van der Waals surface area contributed by atoms with Crippen LogP contribution in [0, 0.1) is 11.3 Å². The van der Waals surface area contributed by atoms with E-state index in [4.69, 9.17) is 0 Å². The van der Waals surface area contributed by atoms with E-state index in [-0.39, 0.29) is 11.9 Å². The van der Waals surface area contributed by atoms with E-state index in [0.717, 1.165) is 22.1 Å². The van der Waals surface area contributed by atoms with Gasteiger partial charge in [0.2, 0.25) is 5.95 Å². The van der Waals surface area contributed by atoms with Gasteiger partial charge >= 0.3 is 6.18 Å². The van der Waals surface area contributed by atoms with Crippen LogP contribution in [0.15, 0.2) is 70.6 Å². The maximum Gasteiger partial charge on any atom is 0.433 e. The first-order chi connectivity index (χ1) is 15.9. The largest absolute Gasteiger partial charge is 0.433 e. The van der Waals surface area contributed by atoms with Gasteiger partial charge in [0.05, 0.1) is 11.1 Å². The Hall–Kier alpha value is -3.58. The molecule has 0 saturated carbocycles. The fraction of sp³-hybridized carbons (Fsp3) is 0.217. The summed E-state index contributed by atoms with van der Waals surface area (Å²) in [6.07, 6.45) is -3.45.